The highest BCUT2D eigenvalue weighted by molar-refractivity contribution is 6.22. The van der Waals surface area contributed by atoms with E-state index in [0.29, 0.717) is 23.6 Å². The number of oxazole rings is 1. The standard InChI is InChI=1S/C18H17N3O5/c1-21(2)6-5-19-11-8-12(22)15-17(16(11)23)26-18(20-15)10-3-4-13-14(7-10)25-9-24-13/h3-4,7-8,19H,5-6,9H2,1-2H3. The molecule has 1 aromatic carbocycles. The predicted octanol–water partition coefficient (Wildman–Crippen LogP) is 1.48. The van der Waals surface area contributed by atoms with Crippen molar-refractivity contribution in [1.82, 2.24) is 15.2 Å². The number of Topliss-reactive ketones (excluding diaryl/α,β-unsaturated/α-hetero) is 1. The molecule has 8 heteroatoms. The number of benzene rings is 1. The van der Waals surface area contributed by atoms with E-state index in [9.17, 15) is 9.59 Å². The molecule has 0 unspecified atom stereocenters. The van der Waals surface area contributed by atoms with Crippen molar-refractivity contribution >= 4 is 11.6 Å². The van der Waals surface area contributed by atoms with E-state index in [0.717, 1.165) is 6.54 Å². The van der Waals surface area contributed by atoms with Crippen LogP contribution in [0.5, 0.6) is 11.5 Å². The van der Waals surface area contributed by atoms with E-state index in [1.165, 1.54) is 6.08 Å². The summed E-state index contributed by atoms with van der Waals surface area (Å²) in [5.74, 6) is 0.614. The fourth-order valence-corrected chi connectivity index (χ4v) is 2.73. The van der Waals surface area contributed by atoms with Crippen LogP contribution in [0.3, 0.4) is 0 Å². The van der Waals surface area contributed by atoms with Crippen LogP contribution in [0.25, 0.3) is 11.5 Å². The SMILES string of the molecule is CN(C)CCNC1=CC(=O)c2nc(-c3ccc4c(c3)OCO4)oc2C1=O. The lowest BCUT2D eigenvalue weighted by Crippen LogP contribution is -2.31. The molecule has 2 heterocycles. The topological polar surface area (TPSA) is 93.9 Å². The molecule has 134 valence electrons. The second-order valence-electron chi connectivity index (χ2n) is 6.25. The summed E-state index contributed by atoms with van der Waals surface area (Å²) in [7, 11) is 3.85. The van der Waals surface area contributed by atoms with Crippen LogP contribution in [0.1, 0.15) is 21.0 Å². The molecule has 0 spiro atoms. The second kappa shape index (κ2) is 6.30. The Morgan fingerprint density at radius 3 is 2.81 bits per heavy atom. The number of allylic oxidation sites excluding steroid dienone is 2. The van der Waals surface area contributed by atoms with Gasteiger partial charge in [-0.15, -0.1) is 0 Å². The Balaban J connectivity index is 1.60. The molecule has 1 aliphatic carbocycles. The van der Waals surface area contributed by atoms with E-state index in [1.54, 1.807) is 18.2 Å². The van der Waals surface area contributed by atoms with Crippen LogP contribution in [0.2, 0.25) is 0 Å². The maximum Gasteiger partial charge on any atom is 0.246 e. The first-order valence-electron chi connectivity index (χ1n) is 8.13. The molecule has 1 aliphatic heterocycles. The van der Waals surface area contributed by atoms with Crippen LogP contribution in [-0.4, -0.2) is 55.4 Å². The number of carbonyl (C=O) groups excluding carboxylic acids is 2. The van der Waals surface area contributed by atoms with E-state index >= 15 is 0 Å². The lowest BCUT2D eigenvalue weighted by atomic mass is 10.0. The number of ether oxygens (including phenoxy) is 2. The third kappa shape index (κ3) is 2.84. The van der Waals surface area contributed by atoms with Gasteiger partial charge in [-0.25, -0.2) is 4.98 Å². The molecule has 0 saturated heterocycles. The van der Waals surface area contributed by atoms with E-state index in [1.807, 2.05) is 19.0 Å². The largest absolute Gasteiger partial charge is 0.454 e. The van der Waals surface area contributed by atoms with Gasteiger partial charge in [0.25, 0.3) is 0 Å². The molecule has 0 fully saturated rings. The maximum absolute atomic E-state index is 12.6. The third-order valence-corrected chi connectivity index (χ3v) is 4.08. The molecule has 0 bridgehead atoms. The Labute approximate surface area is 149 Å². The summed E-state index contributed by atoms with van der Waals surface area (Å²) < 4.78 is 16.2. The van der Waals surface area contributed by atoms with Crippen molar-refractivity contribution in [3.63, 3.8) is 0 Å². The molecule has 0 radical (unpaired) electrons. The molecule has 0 saturated carbocycles. The molecule has 0 atom stereocenters. The fraction of sp³-hybridized carbons (Fsp3) is 0.278. The molecule has 0 amide bonds. The first kappa shape index (κ1) is 16.3. The zero-order valence-electron chi connectivity index (χ0n) is 14.4. The van der Waals surface area contributed by atoms with Gasteiger partial charge in [0.15, 0.2) is 17.2 Å². The predicted molar refractivity (Wildman–Crippen MR) is 91.4 cm³/mol. The van der Waals surface area contributed by atoms with Crippen LogP contribution < -0.4 is 14.8 Å². The third-order valence-electron chi connectivity index (χ3n) is 4.08. The van der Waals surface area contributed by atoms with Crippen molar-refractivity contribution in [1.29, 1.82) is 0 Å². The Morgan fingerprint density at radius 2 is 2.00 bits per heavy atom. The number of rotatable bonds is 5. The van der Waals surface area contributed by atoms with Gasteiger partial charge in [-0.3, -0.25) is 9.59 Å². The molecule has 2 aromatic rings. The normalized spacial score (nSPS) is 15.3. The molecule has 1 N–H and O–H groups in total. The van der Waals surface area contributed by atoms with Gasteiger partial charge in [0.1, 0.15) is 0 Å². The van der Waals surface area contributed by atoms with E-state index in [-0.39, 0.29) is 41.4 Å². The first-order chi connectivity index (χ1) is 12.5. The molecule has 8 nitrogen and oxygen atoms in total. The van der Waals surface area contributed by atoms with Crippen molar-refractivity contribution in [2.24, 2.45) is 0 Å². The van der Waals surface area contributed by atoms with Gasteiger partial charge < -0.3 is 24.1 Å². The molecule has 1 aromatic heterocycles. The highest BCUT2D eigenvalue weighted by Gasteiger charge is 2.32. The van der Waals surface area contributed by atoms with Gasteiger partial charge in [0, 0.05) is 24.7 Å². The van der Waals surface area contributed by atoms with Gasteiger partial charge in [-0.2, -0.15) is 0 Å². The number of nitrogens with zero attached hydrogens (tertiary/aromatic N) is 2. The van der Waals surface area contributed by atoms with Gasteiger partial charge in [-0.05, 0) is 32.3 Å². The Kier molecular flexibility index (Phi) is 3.96. The fourth-order valence-electron chi connectivity index (χ4n) is 2.73. The van der Waals surface area contributed by atoms with Crippen LogP contribution in [-0.2, 0) is 0 Å². The number of hydrogen-bond acceptors (Lipinski definition) is 8. The van der Waals surface area contributed by atoms with Crippen LogP contribution in [0.15, 0.2) is 34.4 Å². The minimum absolute atomic E-state index is 0.0285. The number of fused-ring (bicyclic) bond motifs is 2. The van der Waals surface area contributed by atoms with Crippen LogP contribution in [0.4, 0.5) is 0 Å². The van der Waals surface area contributed by atoms with Gasteiger partial charge in [0.2, 0.25) is 30.0 Å². The number of ketones is 2. The maximum atomic E-state index is 12.6. The number of hydrogen-bond donors (Lipinski definition) is 1. The average Bonchev–Trinajstić information content (AvgIpc) is 3.25. The van der Waals surface area contributed by atoms with Crippen molar-refractivity contribution in [3.8, 4) is 23.0 Å². The molecular weight excluding hydrogens is 338 g/mol. The van der Waals surface area contributed by atoms with Gasteiger partial charge in [0.05, 0.1) is 5.70 Å². The number of aromatic nitrogens is 1. The first-order valence-corrected chi connectivity index (χ1v) is 8.13. The quantitative estimate of drug-likeness (QED) is 0.862. The summed E-state index contributed by atoms with van der Waals surface area (Å²) in [5.41, 5.74) is 0.852. The minimum Gasteiger partial charge on any atom is -0.454 e. The monoisotopic (exact) mass is 355 g/mol. The number of carbonyl (C=O) groups is 2. The van der Waals surface area contributed by atoms with Crippen molar-refractivity contribution < 1.29 is 23.5 Å². The summed E-state index contributed by atoms with van der Waals surface area (Å²) in [4.78, 5) is 31.1. The lowest BCUT2D eigenvalue weighted by molar-refractivity contribution is 0.0956. The Hall–Kier alpha value is -3.13. The Morgan fingerprint density at radius 1 is 1.19 bits per heavy atom. The second-order valence-corrected chi connectivity index (χ2v) is 6.25. The van der Waals surface area contributed by atoms with Gasteiger partial charge >= 0.3 is 0 Å². The lowest BCUT2D eigenvalue weighted by Gasteiger charge is -2.14. The minimum atomic E-state index is -0.377. The summed E-state index contributed by atoms with van der Waals surface area (Å²) in [5, 5.41) is 2.98. The number of nitrogens with one attached hydrogen (secondary N) is 1. The van der Waals surface area contributed by atoms with E-state index in [2.05, 4.69) is 10.3 Å². The van der Waals surface area contributed by atoms with Crippen LogP contribution >= 0.6 is 0 Å². The highest BCUT2D eigenvalue weighted by Crippen LogP contribution is 2.36. The van der Waals surface area contributed by atoms with Crippen molar-refractivity contribution in [3.05, 3.63) is 41.4 Å². The van der Waals surface area contributed by atoms with Crippen LogP contribution in [0, 0.1) is 0 Å². The van der Waals surface area contributed by atoms with Gasteiger partial charge in [-0.1, -0.05) is 0 Å². The molecule has 2 aliphatic rings. The summed E-state index contributed by atoms with van der Waals surface area (Å²) >= 11 is 0. The number of likely N-dealkylation sites (N-methyl/N-ethyl adjacent to an activating group) is 1. The highest BCUT2D eigenvalue weighted by atomic mass is 16.7. The Bertz CT molecular complexity index is 929. The van der Waals surface area contributed by atoms with E-state index < -0.39 is 0 Å². The summed E-state index contributed by atoms with van der Waals surface area (Å²) in [6, 6.07) is 5.18. The molecular formula is C18H17N3O5. The van der Waals surface area contributed by atoms with E-state index in [4.69, 9.17) is 13.9 Å². The molecule has 26 heavy (non-hydrogen) atoms. The molecule has 4 rings (SSSR count). The van der Waals surface area contributed by atoms with Crippen molar-refractivity contribution in [2.75, 3.05) is 34.0 Å². The van der Waals surface area contributed by atoms with Crippen molar-refractivity contribution in [2.45, 2.75) is 0 Å². The summed E-state index contributed by atoms with van der Waals surface area (Å²) in [6.07, 6.45) is 1.27. The zero-order valence-corrected chi connectivity index (χ0v) is 14.4. The summed E-state index contributed by atoms with van der Waals surface area (Å²) in [6.45, 7) is 1.42. The smallest absolute Gasteiger partial charge is 0.246 e. The average molecular weight is 355 g/mol. The zero-order chi connectivity index (χ0) is 18.3.